The predicted molar refractivity (Wildman–Crippen MR) is 84.7 cm³/mol. The monoisotopic (exact) mass is 305 g/mol. The molecule has 1 saturated heterocycles. The van der Waals surface area contributed by atoms with Crippen molar-refractivity contribution in [3.05, 3.63) is 40.9 Å². The molecule has 112 valence electrons. The molecule has 0 saturated carbocycles. The fraction of sp³-hybridized carbons (Fsp3) is 0.467. The summed E-state index contributed by atoms with van der Waals surface area (Å²) in [6, 6.07) is 6.10. The summed E-state index contributed by atoms with van der Waals surface area (Å²) < 4.78 is 1.84. The number of hydrogen-bond acceptors (Lipinski definition) is 4. The van der Waals surface area contributed by atoms with Crippen molar-refractivity contribution in [1.82, 2.24) is 19.7 Å². The molecule has 0 spiro atoms. The molecular weight excluding hydrogens is 286 g/mol. The van der Waals surface area contributed by atoms with Crippen LogP contribution in [0.5, 0.6) is 0 Å². The van der Waals surface area contributed by atoms with Crippen LogP contribution in [-0.4, -0.2) is 45.8 Å². The van der Waals surface area contributed by atoms with E-state index in [1.807, 2.05) is 17.8 Å². The van der Waals surface area contributed by atoms with Gasteiger partial charge in [0.1, 0.15) is 12.2 Å². The minimum absolute atomic E-state index is 0.803. The van der Waals surface area contributed by atoms with Crippen molar-refractivity contribution >= 4 is 17.3 Å². The van der Waals surface area contributed by atoms with E-state index in [4.69, 9.17) is 11.6 Å². The van der Waals surface area contributed by atoms with Crippen LogP contribution in [0.1, 0.15) is 11.4 Å². The Morgan fingerprint density at radius 1 is 1.19 bits per heavy atom. The molecule has 3 rings (SSSR count). The molecule has 1 aromatic heterocycles. The highest BCUT2D eigenvalue weighted by Crippen LogP contribution is 2.25. The molecule has 2 aromatic rings. The van der Waals surface area contributed by atoms with E-state index < -0.39 is 0 Å². The van der Waals surface area contributed by atoms with Crippen LogP contribution in [0.2, 0.25) is 5.02 Å². The van der Waals surface area contributed by atoms with E-state index in [2.05, 4.69) is 38.9 Å². The van der Waals surface area contributed by atoms with Gasteiger partial charge in [0, 0.05) is 43.9 Å². The van der Waals surface area contributed by atoms with Crippen molar-refractivity contribution in [2.45, 2.75) is 13.5 Å². The van der Waals surface area contributed by atoms with Crippen LogP contribution in [0.15, 0.2) is 24.5 Å². The molecule has 2 heterocycles. The van der Waals surface area contributed by atoms with Gasteiger partial charge in [-0.1, -0.05) is 17.7 Å². The molecule has 6 heteroatoms. The van der Waals surface area contributed by atoms with E-state index >= 15 is 0 Å². The van der Waals surface area contributed by atoms with E-state index in [-0.39, 0.29) is 0 Å². The molecule has 1 aliphatic rings. The number of aromatic nitrogens is 3. The van der Waals surface area contributed by atoms with Crippen LogP contribution < -0.4 is 4.90 Å². The molecular formula is C15H20ClN5. The second-order valence-corrected chi connectivity index (χ2v) is 5.93. The SMILES string of the molecule is Cc1ccc(Cl)cc1N1CCN(Cc2ncnn2C)CC1. The van der Waals surface area contributed by atoms with Crippen molar-refractivity contribution in [3.63, 3.8) is 0 Å². The Morgan fingerprint density at radius 2 is 1.95 bits per heavy atom. The summed E-state index contributed by atoms with van der Waals surface area (Å²) >= 11 is 6.12. The highest BCUT2D eigenvalue weighted by atomic mass is 35.5. The van der Waals surface area contributed by atoms with E-state index in [9.17, 15) is 0 Å². The van der Waals surface area contributed by atoms with E-state index in [1.165, 1.54) is 11.3 Å². The van der Waals surface area contributed by atoms with Crippen molar-refractivity contribution in [1.29, 1.82) is 0 Å². The summed E-state index contributed by atoms with van der Waals surface area (Å²) in [5.41, 5.74) is 2.53. The normalized spacial score (nSPS) is 16.4. The third kappa shape index (κ3) is 3.19. The molecule has 5 nitrogen and oxygen atoms in total. The number of benzene rings is 1. The smallest absolute Gasteiger partial charge is 0.140 e. The van der Waals surface area contributed by atoms with Gasteiger partial charge in [0.2, 0.25) is 0 Å². The lowest BCUT2D eigenvalue weighted by Gasteiger charge is -2.36. The molecule has 0 aliphatic carbocycles. The Bertz CT molecular complexity index is 616. The molecule has 1 aromatic carbocycles. The van der Waals surface area contributed by atoms with Gasteiger partial charge in [0.05, 0.1) is 6.54 Å². The lowest BCUT2D eigenvalue weighted by Crippen LogP contribution is -2.46. The maximum atomic E-state index is 6.12. The topological polar surface area (TPSA) is 37.2 Å². The zero-order valence-corrected chi connectivity index (χ0v) is 13.2. The van der Waals surface area contributed by atoms with E-state index in [0.29, 0.717) is 0 Å². The first-order chi connectivity index (χ1) is 10.1. The van der Waals surface area contributed by atoms with Crippen LogP contribution in [0.25, 0.3) is 0 Å². The molecule has 21 heavy (non-hydrogen) atoms. The third-order valence-corrected chi connectivity index (χ3v) is 4.29. The van der Waals surface area contributed by atoms with Crippen LogP contribution >= 0.6 is 11.6 Å². The summed E-state index contributed by atoms with van der Waals surface area (Å²) in [6.07, 6.45) is 1.61. The minimum atomic E-state index is 0.803. The van der Waals surface area contributed by atoms with Gasteiger partial charge in [0.25, 0.3) is 0 Å². The van der Waals surface area contributed by atoms with Crippen molar-refractivity contribution < 1.29 is 0 Å². The molecule has 0 unspecified atom stereocenters. The number of aryl methyl sites for hydroxylation is 2. The molecule has 0 radical (unpaired) electrons. The van der Waals surface area contributed by atoms with Gasteiger partial charge < -0.3 is 4.90 Å². The maximum Gasteiger partial charge on any atom is 0.140 e. The molecule has 0 amide bonds. The Morgan fingerprint density at radius 3 is 2.62 bits per heavy atom. The van der Waals surface area contributed by atoms with Crippen LogP contribution in [0, 0.1) is 6.92 Å². The number of nitrogens with zero attached hydrogens (tertiary/aromatic N) is 5. The predicted octanol–water partition coefficient (Wildman–Crippen LogP) is 2.10. The van der Waals surface area contributed by atoms with Crippen molar-refractivity contribution in [2.75, 3.05) is 31.1 Å². The highest BCUT2D eigenvalue weighted by molar-refractivity contribution is 6.30. The van der Waals surface area contributed by atoms with Gasteiger partial charge in [0.15, 0.2) is 0 Å². The van der Waals surface area contributed by atoms with Crippen molar-refractivity contribution in [3.8, 4) is 0 Å². The third-order valence-electron chi connectivity index (χ3n) is 4.05. The quantitative estimate of drug-likeness (QED) is 0.870. The van der Waals surface area contributed by atoms with Crippen LogP contribution in [-0.2, 0) is 13.6 Å². The van der Waals surface area contributed by atoms with Gasteiger partial charge in [-0.05, 0) is 24.6 Å². The summed E-state index contributed by atoms with van der Waals surface area (Å²) in [5, 5.41) is 4.92. The van der Waals surface area contributed by atoms with Crippen molar-refractivity contribution in [2.24, 2.45) is 7.05 Å². The zero-order valence-electron chi connectivity index (χ0n) is 12.5. The Hall–Kier alpha value is -1.59. The summed E-state index contributed by atoms with van der Waals surface area (Å²) in [4.78, 5) is 9.12. The standard InChI is InChI=1S/C15H20ClN5/c1-12-3-4-13(16)9-14(12)21-7-5-20(6-8-21)10-15-17-11-18-19(15)2/h3-4,9,11H,5-8,10H2,1-2H3. The summed E-state index contributed by atoms with van der Waals surface area (Å²) in [7, 11) is 1.94. The van der Waals surface area contributed by atoms with Gasteiger partial charge in [-0.3, -0.25) is 9.58 Å². The average Bonchev–Trinajstić information content (AvgIpc) is 2.88. The van der Waals surface area contributed by atoms with Gasteiger partial charge in [-0.15, -0.1) is 0 Å². The molecule has 1 fully saturated rings. The number of anilines is 1. The van der Waals surface area contributed by atoms with Crippen LogP contribution in [0.3, 0.4) is 0 Å². The Kier molecular flexibility index (Phi) is 4.12. The van der Waals surface area contributed by atoms with E-state index in [0.717, 1.165) is 43.6 Å². The maximum absolute atomic E-state index is 6.12. The van der Waals surface area contributed by atoms with Gasteiger partial charge in [-0.2, -0.15) is 5.10 Å². The largest absolute Gasteiger partial charge is 0.369 e. The Labute approximate surface area is 130 Å². The van der Waals surface area contributed by atoms with E-state index in [1.54, 1.807) is 6.33 Å². The number of rotatable bonds is 3. The summed E-state index contributed by atoms with van der Waals surface area (Å²) in [5.74, 6) is 1.02. The highest BCUT2D eigenvalue weighted by Gasteiger charge is 2.19. The molecule has 1 aliphatic heterocycles. The number of piperazine rings is 1. The fourth-order valence-electron chi connectivity index (χ4n) is 2.73. The summed E-state index contributed by atoms with van der Waals surface area (Å²) in [6.45, 7) is 7.08. The fourth-order valence-corrected chi connectivity index (χ4v) is 2.90. The zero-order chi connectivity index (χ0) is 14.8. The minimum Gasteiger partial charge on any atom is -0.369 e. The number of halogens is 1. The first-order valence-electron chi connectivity index (χ1n) is 7.20. The average molecular weight is 306 g/mol. The van der Waals surface area contributed by atoms with Gasteiger partial charge in [-0.25, -0.2) is 4.98 Å². The second-order valence-electron chi connectivity index (χ2n) is 5.49. The lowest BCUT2D eigenvalue weighted by atomic mass is 10.1. The lowest BCUT2D eigenvalue weighted by molar-refractivity contribution is 0.240. The van der Waals surface area contributed by atoms with Crippen LogP contribution in [0.4, 0.5) is 5.69 Å². The number of hydrogen-bond donors (Lipinski definition) is 0. The molecule has 0 bridgehead atoms. The second kappa shape index (κ2) is 6.03. The molecule has 0 N–H and O–H groups in total. The first kappa shape index (κ1) is 14.4. The first-order valence-corrected chi connectivity index (χ1v) is 7.57. The van der Waals surface area contributed by atoms with Gasteiger partial charge >= 0.3 is 0 Å². The molecule has 0 atom stereocenters. The Balaban J connectivity index is 1.62.